The van der Waals surface area contributed by atoms with E-state index >= 15 is 0 Å². The Morgan fingerprint density at radius 2 is 2.14 bits per heavy atom. The minimum Gasteiger partial charge on any atom is -0.492 e. The van der Waals surface area contributed by atoms with Crippen molar-refractivity contribution in [1.29, 1.82) is 0 Å². The van der Waals surface area contributed by atoms with Gasteiger partial charge in [0, 0.05) is 5.75 Å². The van der Waals surface area contributed by atoms with E-state index in [4.69, 9.17) is 4.74 Å². The molecule has 0 spiro atoms. The molecule has 0 radical (unpaired) electrons. The number of hydrogen-bond donors (Lipinski definition) is 0. The lowest BCUT2D eigenvalue weighted by atomic mass is 10.1. The van der Waals surface area contributed by atoms with Crippen molar-refractivity contribution in [3.8, 4) is 5.75 Å². The number of ketones is 1. The van der Waals surface area contributed by atoms with E-state index in [2.05, 4.69) is 0 Å². The molecular weight excluding hydrogens is 196 g/mol. The molecule has 0 aliphatic heterocycles. The molecule has 0 unspecified atom stereocenters. The fourth-order valence-corrected chi connectivity index (χ4v) is 1.37. The fourth-order valence-electron chi connectivity index (χ4n) is 1.12. The summed E-state index contributed by atoms with van der Waals surface area (Å²) in [5, 5.41) is 0. The van der Waals surface area contributed by atoms with Crippen molar-refractivity contribution in [2.24, 2.45) is 0 Å². The molecular formula is C11H14O2S. The number of thioether (sulfide) groups is 1. The largest absolute Gasteiger partial charge is 0.492 e. The molecule has 0 fully saturated rings. The molecule has 1 rings (SSSR count). The number of benzene rings is 1. The lowest BCUT2D eigenvalue weighted by Gasteiger charge is -2.08. The van der Waals surface area contributed by atoms with Gasteiger partial charge in [0.1, 0.15) is 5.75 Å². The Bertz CT molecular complexity index is 310. The summed E-state index contributed by atoms with van der Waals surface area (Å²) in [5.74, 6) is 1.67. The Kier molecular flexibility index (Phi) is 4.53. The van der Waals surface area contributed by atoms with Gasteiger partial charge in [-0.25, -0.2) is 0 Å². The number of ether oxygens (including phenoxy) is 1. The van der Waals surface area contributed by atoms with Crippen molar-refractivity contribution in [1.82, 2.24) is 0 Å². The molecule has 0 atom stereocenters. The van der Waals surface area contributed by atoms with Crippen molar-refractivity contribution >= 4 is 17.5 Å². The SMILES string of the molecule is CSCCOc1ccccc1C(C)=O. The summed E-state index contributed by atoms with van der Waals surface area (Å²) in [7, 11) is 0. The zero-order chi connectivity index (χ0) is 10.4. The number of para-hydroxylation sites is 1. The Labute approximate surface area is 88.7 Å². The van der Waals surface area contributed by atoms with Crippen LogP contribution >= 0.6 is 11.8 Å². The van der Waals surface area contributed by atoms with Gasteiger partial charge in [-0.05, 0) is 25.3 Å². The molecule has 0 N–H and O–H groups in total. The second kappa shape index (κ2) is 5.70. The number of carbonyl (C=O) groups is 1. The maximum absolute atomic E-state index is 11.2. The van der Waals surface area contributed by atoms with E-state index in [1.54, 1.807) is 24.8 Å². The number of carbonyl (C=O) groups excluding carboxylic acids is 1. The maximum Gasteiger partial charge on any atom is 0.163 e. The molecule has 0 heterocycles. The maximum atomic E-state index is 11.2. The molecule has 14 heavy (non-hydrogen) atoms. The summed E-state index contributed by atoms with van der Waals surface area (Å²) in [6.45, 7) is 2.20. The zero-order valence-corrected chi connectivity index (χ0v) is 9.26. The Balaban J connectivity index is 2.69. The van der Waals surface area contributed by atoms with Gasteiger partial charge in [0.05, 0.1) is 12.2 Å². The van der Waals surface area contributed by atoms with E-state index < -0.39 is 0 Å². The highest BCUT2D eigenvalue weighted by molar-refractivity contribution is 7.98. The smallest absolute Gasteiger partial charge is 0.163 e. The van der Waals surface area contributed by atoms with Crippen LogP contribution in [-0.4, -0.2) is 24.4 Å². The van der Waals surface area contributed by atoms with Crippen LogP contribution < -0.4 is 4.74 Å². The van der Waals surface area contributed by atoms with E-state index in [1.165, 1.54) is 0 Å². The predicted octanol–water partition coefficient (Wildman–Crippen LogP) is 2.63. The van der Waals surface area contributed by atoms with Crippen LogP contribution in [0.25, 0.3) is 0 Å². The van der Waals surface area contributed by atoms with E-state index in [0.29, 0.717) is 17.9 Å². The van der Waals surface area contributed by atoms with Crippen molar-refractivity contribution in [3.63, 3.8) is 0 Å². The first-order valence-corrected chi connectivity index (χ1v) is 5.87. The highest BCUT2D eigenvalue weighted by Crippen LogP contribution is 2.18. The summed E-state index contributed by atoms with van der Waals surface area (Å²) in [4.78, 5) is 11.2. The van der Waals surface area contributed by atoms with E-state index in [0.717, 1.165) is 5.75 Å². The third-order valence-corrected chi connectivity index (χ3v) is 2.39. The quantitative estimate of drug-likeness (QED) is 0.552. The molecule has 76 valence electrons. The van der Waals surface area contributed by atoms with Crippen LogP contribution in [-0.2, 0) is 0 Å². The Morgan fingerprint density at radius 3 is 2.79 bits per heavy atom. The molecule has 0 saturated carbocycles. The number of Topliss-reactive ketones (excluding diaryl/α,β-unsaturated/α-hetero) is 1. The van der Waals surface area contributed by atoms with Crippen LogP contribution in [0, 0.1) is 0 Å². The summed E-state index contributed by atoms with van der Waals surface area (Å²) >= 11 is 1.73. The molecule has 3 heteroatoms. The van der Waals surface area contributed by atoms with E-state index in [9.17, 15) is 4.79 Å². The number of rotatable bonds is 5. The highest BCUT2D eigenvalue weighted by atomic mass is 32.2. The zero-order valence-electron chi connectivity index (χ0n) is 8.45. The Hall–Kier alpha value is -0.960. The number of hydrogen-bond acceptors (Lipinski definition) is 3. The molecule has 1 aromatic carbocycles. The molecule has 0 bridgehead atoms. The van der Waals surface area contributed by atoms with Crippen LogP contribution in [0.4, 0.5) is 0 Å². The van der Waals surface area contributed by atoms with Gasteiger partial charge in [0.25, 0.3) is 0 Å². The van der Waals surface area contributed by atoms with Gasteiger partial charge in [-0.2, -0.15) is 11.8 Å². The molecule has 1 aromatic rings. The monoisotopic (exact) mass is 210 g/mol. The molecule has 2 nitrogen and oxygen atoms in total. The van der Waals surface area contributed by atoms with Crippen LogP contribution in [0.2, 0.25) is 0 Å². The van der Waals surface area contributed by atoms with Crippen LogP contribution in [0.15, 0.2) is 24.3 Å². The van der Waals surface area contributed by atoms with Gasteiger partial charge in [-0.1, -0.05) is 12.1 Å². The second-order valence-corrected chi connectivity index (χ2v) is 3.88. The average molecular weight is 210 g/mol. The lowest BCUT2D eigenvalue weighted by Crippen LogP contribution is -2.04. The third-order valence-electron chi connectivity index (χ3n) is 1.81. The lowest BCUT2D eigenvalue weighted by molar-refractivity contribution is 0.101. The fraction of sp³-hybridized carbons (Fsp3) is 0.364. The normalized spacial score (nSPS) is 9.86. The van der Waals surface area contributed by atoms with Crippen molar-refractivity contribution in [3.05, 3.63) is 29.8 Å². The summed E-state index contributed by atoms with van der Waals surface area (Å²) in [5.41, 5.74) is 0.661. The van der Waals surface area contributed by atoms with Gasteiger partial charge < -0.3 is 4.74 Å². The van der Waals surface area contributed by atoms with Crippen molar-refractivity contribution in [2.75, 3.05) is 18.6 Å². The van der Waals surface area contributed by atoms with Crippen molar-refractivity contribution < 1.29 is 9.53 Å². The van der Waals surface area contributed by atoms with Gasteiger partial charge in [-0.15, -0.1) is 0 Å². The first-order valence-electron chi connectivity index (χ1n) is 4.47. The standard InChI is InChI=1S/C11H14O2S/c1-9(12)10-5-3-4-6-11(10)13-7-8-14-2/h3-6H,7-8H2,1-2H3. The summed E-state index contributed by atoms with van der Waals surface area (Å²) in [6.07, 6.45) is 2.03. The first-order chi connectivity index (χ1) is 6.75. The van der Waals surface area contributed by atoms with Gasteiger partial charge in [0.2, 0.25) is 0 Å². The third kappa shape index (κ3) is 3.07. The van der Waals surface area contributed by atoms with E-state index in [1.807, 2.05) is 24.5 Å². The average Bonchev–Trinajstić information content (AvgIpc) is 2.19. The predicted molar refractivity (Wildman–Crippen MR) is 60.3 cm³/mol. The van der Waals surface area contributed by atoms with Crippen LogP contribution in [0.5, 0.6) is 5.75 Å². The highest BCUT2D eigenvalue weighted by Gasteiger charge is 2.06. The van der Waals surface area contributed by atoms with Crippen molar-refractivity contribution in [2.45, 2.75) is 6.92 Å². The van der Waals surface area contributed by atoms with E-state index in [-0.39, 0.29) is 5.78 Å². The van der Waals surface area contributed by atoms with Crippen LogP contribution in [0.3, 0.4) is 0 Å². The second-order valence-electron chi connectivity index (χ2n) is 2.89. The van der Waals surface area contributed by atoms with Gasteiger partial charge >= 0.3 is 0 Å². The molecule has 0 aromatic heterocycles. The molecule has 0 amide bonds. The summed E-state index contributed by atoms with van der Waals surface area (Å²) < 4.78 is 5.50. The summed E-state index contributed by atoms with van der Waals surface area (Å²) in [6, 6.07) is 7.34. The topological polar surface area (TPSA) is 26.3 Å². The minimum absolute atomic E-state index is 0.0461. The molecule has 0 aliphatic carbocycles. The van der Waals surface area contributed by atoms with Gasteiger partial charge in [0.15, 0.2) is 5.78 Å². The molecule has 0 saturated heterocycles. The van der Waals surface area contributed by atoms with Crippen LogP contribution in [0.1, 0.15) is 17.3 Å². The minimum atomic E-state index is 0.0461. The van der Waals surface area contributed by atoms with Gasteiger partial charge in [-0.3, -0.25) is 4.79 Å². The molecule has 0 aliphatic rings. The Morgan fingerprint density at radius 1 is 1.43 bits per heavy atom. The first kappa shape index (κ1) is 11.1.